The Morgan fingerprint density at radius 2 is 1.64 bits per heavy atom. The van der Waals surface area contributed by atoms with Crippen molar-refractivity contribution in [3.63, 3.8) is 0 Å². The first-order valence-corrected chi connectivity index (χ1v) is 7.96. The molecule has 0 fully saturated rings. The lowest BCUT2D eigenvalue weighted by molar-refractivity contribution is 0.0849. The molecule has 1 amide bonds. The molecule has 0 aliphatic carbocycles. The number of allylic oxidation sites excluding steroid dienone is 1. The Balaban J connectivity index is 1.92. The number of hydrogen-bond acceptors (Lipinski definition) is 1. The van der Waals surface area contributed by atoms with E-state index in [0.29, 0.717) is 0 Å². The number of nitrogens with zero attached hydrogens (tertiary/aromatic N) is 1. The molecular weight excluding hydrogens is 270 g/mol. The first-order chi connectivity index (χ1) is 10.8. The van der Waals surface area contributed by atoms with Gasteiger partial charge in [-0.3, -0.25) is 4.79 Å². The molecule has 22 heavy (non-hydrogen) atoms. The molecule has 1 aliphatic rings. The van der Waals surface area contributed by atoms with Crippen molar-refractivity contribution in [1.29, 1.82) is 0 Å². The third kappa shape index (κ3) is 2.82. The number of hydrogen-bond donors (Lipinski definition) is 0. The Bertz CT molecular complexity index is 688. The fourth-order valence-electron chi connectivity index (χ4n) is 2.88. The standard InChI is InChI=1S/C20H21NO/c1-2-3-15-21-19(14-13-16-9-5-4-6-10-16)17-11-7-8-12-18(17)20(21)22/h4-12,14H,2-3,13,15H2,1H3/b19-14+. The third-order valence-electron chi connectivity index (χ3n) is 4.08. The van der Waals surface area contributed by atoms with E-state index in [4.69, 9.17) is 0 Å². The summed E-state index contributed by atoms with van der Waals surface area (Å²) in [6.07, 6.45) is 5.16. The van der Waals surface area contributed by atoms with Gasteiger partial charge in [-0.2, -0.15) is 0 Å². The maximum atomic E-state index is 12.6. The van der Waals surface area contributed by atoms with Crippen LogP contribution in [0.25, 0.3) is 5.70 Å². The maximum absolute atomic E-state index is 12.6. The van der Waals surface area contributed by atoms with Crippen LogP contribution in [0.3, 0.4) is 0 Å². The van der Waals surface area contributed by atoms with E-state index in [1.807, 2.05) is 29.2 Å². The van der Waals surface area contributed by atoms with Crippen LogP contribution in [0, 0.1) is 0 Å². The normalized spacial score (nSPS) is 15.4. The average Bonchev–Trinajstić information content (AvgIpc) is 2.84. The smallest absolute Gasteiger partial charge is 0.258 e. The average molecular weight is 291 g/mol. The molecular formula is C20H21NO. The summed E-state index contributed by atoms with van der Waals surface area (Å²) >= 11 is 0. The molecule has 0 N–H and O–H groups in total. The summed E-state index contributed by atoms with van der Waals surface area (Å²) in [5, 5.41) is 0. The fraction of sp³-hybridized carbons (Fsp3) is 0.250. The van der Waals surface area contributed by atoms with Gasteiger partial charge in [0, 0.05) is 23.4 Å². The van der Waals surface area contributed by atoms with Gasteiger partial charge in [-0.1, -0.05) is 68.0 Å². The summed E-state index contributed by atoms with van der Waals surface area (Å²) in [7, 11) is 0. The Hall–Kier alpha value is -2.35. The summed E-state index contributed by atoms with van der Waals surface area (Å²) in [4.78, 5) is 14.6. The minimum atomic E-state index is 0.142. The van der Waals surface area contributed by atoms with Gasteiger partial charge in [0.15, 0.2) is 0 Å². The Labute approximate surface area is 132 Å². The van der Waals surface area contributed by atoms with E-state index in [1.165, 1.54) is 5.56 Å². The zero-order chi connectivity index (χ0) is 15.4. The number of benzene rings is 2. The minimum absolute atomic E-state index is 0.142. The Morgan fingerprint density at radius 3 is 2.36 bits per heavy atom. The maximum Gasteiger partial charge on any atom is 0.258 e. The van der Waals surface area contributed by atoms with Crippen LogP contribution in [0.15, 0.2) is 60.7 Å². The van der Waals surface area contributed by atoms with E-state index < -0.39 is 0 Å². The molecule has 0 spiro atoms. The molecule has 2 nitrogen and oxygen atoms in total. The highest BCUT2D eigenvalue weighted by Crippen LogP contribution is 2.33. The van der Waals surface area contributed by atoms with Gasteiger partial charge in [-0.25, -0.2) is 0 Å². The van der Waals surface area contributed by atoms with Crippen LogP contribution in [0.2, 0.25) is 0 Å². The monoisotopic (exact) mass is 291 g/mol. The van der Waals surface area contributed by atoms with Gasteiger partial charge in [0.2, 0.25) is 0 Å². The van der Waals surface area contributed by atoms with Crippen molar-refractivity contribution >= 4 is 11.6 Å². The summed E-state index contributed by atoms with van der Waals surface area (Å²) < 4.78 is 0. The predicted molar refractivity (Wildman–Crippen MR) is 90.5 cm³/mol. The van der Waals surface area contributed by atoms with Gasteiger partial charge in [0.05, 0.1) is 0 Å². The highest BCUT2D eigenvalue weighted by Gasteiger charge is 2.30. The Kier molecular flexibility index (Phi) is 4.38. The van der Waals surface area contributed by atoms with Gasteiger partial charge in [0.1, 0.15) is 0 Å². The predicted octanol–water partition coefficient (Wildman–Crippen LogP) is 4.53. The van der Waals surface area contributed by atoms with Gasteiger partial charge in [-0.15, -0.1) is 0 Å². The molecule has 0 bridgehead atoms. The number of carbonyl (C=O) groups is 1. The Morgan fingerprint density at radius 1 is 0.955 bits per heavy atom. The summed E-state index contributed by atoms with van der Waals surface area (Å²) in [5.41, 5.74) is 4.23. The molecule has 2 aromatic carbocycles. The van der Waals surface area contributed by atoms with Crippen LogP contribution in [-0.2, 0) is 6.42 Å². The quantitative estimate of drug-likeness (QED) is 0.792. The lowest BCUT2D eigenvalue weighted by Crippen LogP contribution is -2.24. The molecule has 112 valence electrons. The molecule has 0 aromatic heterocycles. The highest BCUT2D eigenvalue weighted by molar-refractivity contribution is 6.09. The van der Waals surface area contributed by atoms with E-state index in [9.17, 15) is 4.79 Å². The molecule has 2 aromatic rings. The van der Waals surface area contributed by atoms with E-state index in [2.05, 4.69) is 43.3 Å². The van der Waals surface area contributed by atoms with Crippen molar-refractivity contribution < 1.29 is 4.79 Å². The van der Waals surface area contributed by atoms with Crippen LogP contribution in [-0.4, -0.2) is 17.4 Å². The number of fused-ring (bicyclic) bond motifs is 1. The zero-order valence-corrected chi connectivity index (χ0v) is 13.0. The SMILES string of the molecule is CCCCN1C(=O)c2ccccc2/C1=C\Cc1ccccc1. The summed E-state index contributed by atoms with van der Waals surface area (Å²) in [6, 6.07) is 18.3. The van der Waals surface area contributed by atoms with E-state index in [-0.39, 0.29) is 5.91 Å². The van der Waals surface area contributed by atoms with Crippen LogP contribution >= 0.6 is 0 Å². The van der Waals surface area contributed by atoms with E-state index in [1.54, 1.807) is 0 Å². The first kappa shape index (κ1) is 14.6. The van der Waals surface area contributed by atoms with E-state index in [0.717, 1.165) is 42.6 Å². The lowest BCUT2D eigenvalue weighted by atomic mass is 10.1. The van der Waals surface area contributed by atoms with Crippen LogP contribution in [0.4, 0.5) is 0 Å². The van der Waals surface area contributed by atoms with Crippen molar-refractivity contribution in [3.8, 4) is 0 Å². The van der Waals surface area contributed by atoms with Gasteiger partial charge in [-0.05, 0) is 24.5 Å². The molecule has 0 saturated carbocycles. The first-order valence-electron chi connectivity index (χ1n) is 7.96. The van der Waals surface area contributed by atoms with Gasteiger partial charge in [0.25, 0.3) is 5.91 Å². The number of rotatable bonds is 5. The number of unbranched alkanes of at least 4 members (excludes halogenated alkanes) is 1. The molecule has 2 heteroatoms. The molecule has 0 radical (unpaired) electrons. The zero-order valence-electron chi connectivity index (χ0n) is 13.0. The molecule has 1 aliphatic heterocycles. The number of amides is 1. The van der Waals surface area contributed by atoms with Crippen LogP contribution in [0.5, 0.6) is 0 Å². The van der Waals surface area contributed by atoms with Crippen LogP contribution in [0.1, 0.15) is 41.3 Å². The van der Waals surface area contributed by atoms with Crippen molar-refractivity contribution in [1.82, 2.24) is 4.90 Å². The van der Waals surface area contributed by atoms with Crippen molar-refractivity contribution in [2.45, 2.75) is 26.2 Å². The lowest BCUT2D eigenvalue weighted by Gasteiger charge is -2.18. The summed E-state index contributed by atoms with van der Waals surface area (Å²) in [6.45, 7) is 2.95. The van der Waals surface area contributed by atoms with Gasteiger partial charge < -0.3 is 4.90 Å². The second-order valence-electron chi connectivity index (χ2n) is 5.64. The second kappa shape index (κ2) is 6.61. The second-order valence-corrected chi connectivity index (χ2v) is 5.64. The summed E-state index contributed by atoms with van der Waals surface area (Å²) in [5.74, 6) is 0.142. The largest absolute Gasteiger partial charge is 0.308 e. The third-order valence-corrected chi connectivity index (χ3v) is 4.08. The fourth-order valence-corrected chi connectivity index (χ4v) is 2.88. The van der Waals surface area contributed by atoms with Crippen molar-refractivity contribution in [3.05, 3.63) is 77.4 Å². The van der Waals surface area contributed by atoms with E-state index >= 15 is 0 Å². The topological polar surface area (TPSA) is 20.3 Å². The molecule has 3 rings (SSSR count). The van der Waals surface area contributed by atoms with Crippen LogP contribution < -0.4 is 0 Å². The number of carbonyl (C=O) groups excluding carboxylic acids is 1. The molecule has 0 unspecified atom stereocenters. The molecule has 0 atom stereocenters. The van der Waals surface area contributed by atoms with Crippen molar-refractivity contribution in [2.75, 3.05) is 6.54 Å². The molecule has 0 saturated heterocycles. The van der Waals surface area contributed by atoms with Gasteiger partial charge >= 0.3 is 0 Å². The highest BCUT2D eigenvalue weighted by atomic mass is 16.2. The molecule has 1 heterocycles. The minimum Gasteiger partial charge on any atom is -0.308 e. The van der Waals surface area contributed by atoms with Crippen molar-refractivity contribution in [2.24, 2.45) is 0 Å².